The van der Waals surface area contributed by atoms with Crippen LogP contribution in [-0.2, 0) is 0 Å². The summed E-state index contributed by atoms with van der Waals surface area (Å²) in [6.07, 6.45) is 2.56. The summed E-state index contributed by atoms with van der Waals surface area (Å²) in [7, 11) is 1.58. The van der Waals surface area contributed by atoms with E-state index in [4.69, 9.17) is 4.74 Å². The van der Waals surface area contributed by atoms with Gasteiger partial charge in [0, 0.05) is 16.2 Å². The number of hydrogen-bond donors (Lipinski definition) is 1. The number of ether oxygens (including phenoxy) is 1. The SMILES string of the molecule is COc1cncc(C(O)c2cc(Br)ccc2C)c1. The van der Waals surface area contributed by atoms with Gasteiger partial charge in [-0.1, -0.05) is 22.0 Å². The van der Waals surface area contributed by atoms with Crippen LogP contribution in [0.25, 0.3) is 0 Å². The molecule has 1 N–H and O–H groups in total. The largest absolute Gasteiger partial charge is 0.495 e. The summed E-state index contributed by atoms with van der Waals surface area (Å²) in [4.78, 5) is 4.06. The predicted molar refractivity (Wildman–Crippen MR) is 73.7 cm³/mol. The Bertz CT molecular complexity index is 557. The van der Waals surface area contributed by atoms with Gasteiger partial charge in [0.1, 0.15) is 11.9 Å². The van der Waals surface area contributed by atoms with Crippen LogP contribution in [0, 0.1) is 6.92 Å². The Morgan fingerprint density at radius 1 is 1.28 bits per heavy atom. The van der Waals surface area contributed by atoms with Crippen LogP contribution >= 0.6 is 15.9 Å². The maximum Gasteiger partial charge on any atom is 0.137 e. The zero-order chi connectivity index (χ0) is 13.1. The molecule has 0 aliphatic rings. The highest BCUT2D eigenvalue weighted by Crippen LogP contribution is 2.28. The van der Waals surface area contributed by atoms with E-state index in [1.807, 2.05) is 25.1 Å². The van der Waals surface area contributed by atoms with Crippen molar-refractivity contribution in [2.45, 2.75) is 13.0 Å². The van der Waals surface area contributed by atoms with Crippen molar-refractivity contribution in [3.05, 3.63) is 57.8 Å². The molecule has 2 aromatic rings. The van der Waals surface area contributed by atoms with Gasteiger partial charge in [0.2, 0.25) is 0 Å². The molecule has 0 aliphatic carbocycles. The molecule has 1 atom stereocenters. The van der Waals surface area contributed by atoms with E-state index in [0.717, 1.165) is 21.2 Å². The topological polar surface area (TPSA) is 42.4 Å². The highest BCUT2D eigenvalue weighted by molar-refractivity contribution is 9.10. The molecule has 1 aromatic carbocycles. The number of aromatic nitrogens is 1. The Labute approximate surface area is 115 Å². The molecule has 4 heteroatoms. The number of aliphatic hydroxyl groups is 1. The predicted octanol–water partition coefficient (Wildman–Crippen LogP) is 3.24. The summed E-state index contributed by atoms with van der Waals surface area (Å²) in [5.41, 5.74) is 2.61. The third-order valence-electron chi connectivity index (χ3n) is 2.82. The van der Waals surface area contributed by atoms with E-state index in [1.54, 1.807) is 25.6 Å². The minimum Gasteiger partial charge on any atom is -0.495 e. The van der Waals surface area contributed by atoms with Crippen molar-refractivity contribution in [2.75, 3.05) is 7.11 Å². The van der Waals surface area contributed by atoms with Crippen LogP contribution in [-0.4, -0.2) is 17.2 Å². The Morgan fingerprint density at radius 2 is 2.06 bits per heavy atom. The Hall–Kier alpha value is -1.39. The summed E-state index contributed by atoms with van der Waals surface area (Å²) in [6, 6.07) is 7.63. The minimum atomic E-state index is -0.704. The number of pyridine rings is 1. The first-order valence-electron chi connectivity index (χ1n) is 5.55. The van der Waals surface area contributed by atoms with Crippen molar-refractivity contribution in [1.82, 2.24) is 4.98 Å². The molecule has 0 radical (unpaired) electrons. The van der Waals surface area contributed by atoms with Gasteiger partial charge in [-0.05, 0) is 36.2 Å². The maximum atomic E-state index is 10.4. The molecule has 3 nitrogen and oxygen atoms in total. The molecule has 0 spiro atoms. The average molecular weight is 308 g/mol. The molecule has 0 saturated carbocycles. The minimum absolute atomic E-state index is 0.638. The van der Waals surface area contributed by atoms with Crippen molar-refractivity contribution in [1.29, 1.82) is 0 Å². The molecule has 0 amide bonds. The number of nitrogens with zero attached hydrogens (tertiary/aromatic N) is 1. The highest BCUT2D eigenvalue weighted by atomic mass is 79.9. The van der Waals surface area contributed by atoms with E-state index in [-0.39, 0.29) is 0 Å². The summed E-state index contributed by atoms with van der Waals surface area (Å²) < 4.78 is 6.05. The number of halogens is 1. The number of aryl methyl sites for hydroxylation is 1. The first-order chi connectivity index (χ1) is 8.61. The lowest BCUT2D eigenvalue weighted by atomic mass is 9.99. The van der Waals surface area contributed by atoms with Crippen LogP contribution in [0.2, 0.25) is 0 Å². The van der Waals surface area contributed by atoms with Gasteiger partial charge in [-0.15, -0.1) is 0 Å². The Morgan fingerprint density at radius 3 is 2.78 bits per heavy atom. The van der Waals surface area contributed by atoms with Gasteiger partial charge in [0.25, 0.3) is 0 Å². The monoisotopic (exact) mass is 307 g/mol. The Balaban J connectivity index is 2.40. The second kappa shape index (κ2) is 5.50. The van der Waals surface area contributed by atoms with Crippen molar-refractivity contribution in [3.63, 3.8) is 0 Å². The molecule has 1 aromatic heterocycles. The first-order valence-corrected chi connectivity index (χ1v) is 6.34. The van der Waals surface area contributed by atoms with E-state index in [1.165, 1.54) is 0 Å². The van der Waals surface area contributed by atoms with E-state index in [0.29, 0.717) is 5.75 Å². The van der Waals surface area contributed by atoms with Gasteiger partial charge in [-0.25, -0.2) is 0 Å². The molecule has 0 saturated heterocycles. The molecule has 0 aliphatic heterocycles. The van der Waals surface area contributed by atoms with Crippen molar-refractivity contribution in [3.8, 4) is 5.75 Å². The molecular weight excluding hydrogens is 294 g/mol. The number of methoxy groups -OCH3 is 1. The van der Waals surface area contributed by atoms with Crippen molar-refractivity contribution >= 4 is 15.9 Å². The molecule has 18 heavy (non-hydrogen) atoms. The average Bonchev–Trinajstić information content (AvgIpc) is 2.41. The zero-order valence-corrected chi connectivity index (χ0v) is 11.8. The number of rotatable bonds is 3. The van der Waals surface area contributed by atoms with E-state index in [2.05, 4.69) is 20.9 Å². The third kappa shape index (κ3) is 2.71. The summed E-state index contributed by atoms with van der Waals surface area (Å²) in [5, 5.41) is 10.4. The summed E-state index contributed by atoms with van der Waals surface area (Å²) in [5.74, 6) is 0.638. The second-order valence-electron chi connectivity index (χ2n) is 4.06. The third-order valence-corrected chi connectivity index (χ3v) is 3.31. The molecule has 2 rings (SSSR count). The van der Waals surface area contributed by atoms with Gasteiger partial charge in [0.05, 0.1) is 13.3 Å². The summed E-state index contributed by atoms with van der Waals surface area (Å²) >= 11 is 3.41. The normalized spacial score (nSPS) is 12.2. The fourth-order valence-electron chi connectivity index (χ4n) is 1.78. The molecule has 0 fully saturated rings. The van der Waals surface area contributed by atoms with E-state index >= 15 is 0 Å². The Kier molecular flexibility index (Phi) is 3.99. The number of hydrogen-bond acceptors (Lipinski definition) is 3. The van der Waals surface area contributed by atoms with Crippen LogP contribution in [0.5, 0.6) is 5.75 Å². The maximum absolute atomic E-state index is 10.4. The van der Waals surface area contributed by atoms with Crippen molar-refractivity contribution < 1.29 is 9.84 Å². The highest BCUT2D eigenvalue weighted by Gasteiger charge is 2.14. The smallest absolute Gasteiger partial charge is 0.137 e. The van der Waals surface area contributed by atoms with Crippen LogP contribution in [0.3, 0.4) is 0 Å². The first kappa shape index (κ1) is 13.1. The second-order valence-corrected chi connectivity index (χ2v) is 4.98. The fourth-order valence-corrected chi connectivity index (χ4v) is 2.16. The van der Waals surface area contributed by atoms with Gasteiger partial charge in [-0.3, -0.25) is 4.98 Å². The lowest BCUT2D eigenvalue weighted by Crippen LogP contribution is -2.03. The molecule has 1 heterocycles. The summed E-state index contributed by atoms with van der Waals surface area (Å²) in [6.45, 7) is 1.97. The van der Waals surface area contributed by atoms with E-state index < -0.39 is 6.10 Å². The molecule has 0 bridgehead atoms. The molecule has 94 valence electrons. The van der Waals surface area contributed by atoms with Crippen LogP contribution in [0.4, 0.5) is 0 Å². The van der Waals surface area contributed by atoms with Crippen LogP contribution in [0.1, 0.15) is 22.8 Å². The fraction of sp³-hybridized carbons (Fsp3) is 0.214. The zero-order valence-electron chi connectivity index (χ0n) is 10.2. The van der Waals surface area contributed by atoms with Gasteiger partial charge in [0.15, 0.2) is 0 Å². The lowest BCUT2D eigenvalue weighted by Gasteiger charge is -2.15. The van der Waals surface area contributed by atoms with E-state index in [9.17, 15) is 5.11 Å². The van der Waals surface area contributed by atoms with Crippen LogP contribution < -0.4 is 4.74 Å². The number of benzene rings is 1. The molecule has 1 unspecified atom stereocenters. The van der Waals surface area contributed by atoms with Crippen molar-refractivity contribution in [2.24, 2.45) is 0 Å². The standard InChI is InChI=1S/C14H14BrNO2/c1-9-3-4-11(15)6-13(9)14(17)10-5-12(18-2)8-16-7-10/h3-8,14,17H,1-2H3. The van der Waals surface area contributed by atoms with Crippen LogP contribution in [0.15, 0.2) is 41.1 Å². The number of aliphatic hydroxyl groups excluding tert-OH is 1. The van der Waals surface area contributed by atoms with Gasteiger partial charge >= 0.3 is 0 Å². The molecular formula is C14H14BrNO2. The lowest BCUT2D eigenvalue weighted by molar-refractivity contribution is 0.218. The quantitative estimate of drug-likeness (QED) is 0.946. The van der Waals surface area contributed by atoms with Gasteiger partial charge in [-0.2, -0.15) is 0 Å². The van der Waals surface area contributed by atoms with Gasteiger partial charge < -0.3 is 9.84 Å².